The zero-order valence-corrected chi connectivity index (χ0v) is 12.2. The van der Waals surface area contributed by atoms with Crippen LogP contribution in [0.2, 0.25) is 0 Å². The molecule has 5 nitrogen and oxygen atoms in total. The van der Waals surface area contributed by atoms with E-state index in [1.165, 1.54) is 24.0 Å². The van der Waals surface area contributed by atoms with Gasteiger partial charge in [0, 0.05) is 6.04 Å². The first-order chi connectivity index (χ1) is 9.69. The predicted octanol–water partition coefficient (Wildman–Crippen LogP) is 2.08. The van der Waals surface area contributed by atoms with Crippen LogP contribution < -0.4 is 10.6 Å². The highest BCUT2D eigenvalue weighted by Gasteiger charge is 2.22. The first kappa shape index (κ1) is 13.1. The number of benzene rings is 1. The Morgan fingerprint density at radius 3 is 2.80 bits per heavy atom. The summed E-state index contributed by atoms with van der Waals surface area (Å²) in [5.74, 6) is 0.537. The van der Waals surface area contributed by atoms with Crippen molar-refractivity contribution in [3.8, 4) is 0 Å². The average Bonchev–Trinajstić information content (AvgIpc) is 3.12. The summed E-state index contributed by atoms with van der Waals surface area (Å²) in [4.78, 5) is 4.21. The van der Waals surface area contributed by atoms with Crippen molar-refractivity contribution in [1.29, 1.82) is 0 Å². The molecule has 1 aromatic heterocycles. The molecule has 0 aliphatic heterocycles. The molecule has 3 rings (SSSR count). The molecule has 1 aromatic carbocycles. The van der Waals surface area contributed by atoms with E-state index < -0.39 is 0 Å². The van der Waals surface area contributed by atoms with E-state index in [2.05, 4.69) is 51.9 Å². The molecular weight excluding hydrogens is 270 g/mol. The fraction of sp³-hybridized carbons (Fsp3) is 0.357. The maximum absolute atomic E-state index is 5.19. The number of hydrogen-bond donors (Lipinski definition) is 2. The van der Waals surface area contributed by atoms with Gasteiger partial charge in [0.2, 0.25) is 5.95 Å². The molecule has 1 heterocycles. The molecule has 0 bridgehead atoms. The van der Waals surface area contributed by atoms with Crippen molar-refractivity contribution in [1.82, 2.24) is 20.1 Å². The van der Waals surface area contributed by atoms with Crippen LogP contribution >= 0.6 is 12.2 Å². The Hall–Kier alpha value is -1.95. The summed E-state index contributed by atoms with van der Waals surface area (Å²) in [5, 5.41) is 11.2. The second kappa shape index (κ2) is 5.58. The Labute approximate surface area is 123 Å². The maximum Gasteiger partial charge on any atom is 0.248 e. The second-order valence-electron chi connectivity index (χ2n) is 5.12. The van der Waals surface area contributed by atoms with Crippen molar-refractivity contribution in [2.24, 2.45) is 0 Å². The Morgan fingerprint density at radius 1 is 1.35 bits per heavy atom. The van der Waals surface area contributed by atoms with Gasteiger partial charge in [-0.2, -0.15) is 0 Å². The van der Waals surface area contributed by atoms with Crippen molar-refractivity contribution >= 4 is 23.3 Å². The molecule has 1 aliphatic rings. The number of rotatable bonds is 4. The predicted molar refractivity (Wildman–Crippen MR) is 82.7 cm³/mol. The molecule has 1 aliphatic carbocycles. The van der Waals surface area contributed by atoms with E-state index in [1.807, 2.05) is 0 Å². The van der Waals surface area contributed by atoms with E-state index >= 15 is 0 Å². The third-order valence-electron chi connectivity index (χ3n) is 3.14. The molecule has 1 fully saturated rings. The van der Waals surface area contributed by atoms with Gasteiger partial charge >= 0.3 is 0 Å². The van der Waals surface area contributed by atoms with Gasteiger partial charge in [-0.3, -0.25) is 5.32 Å². The highest BCUT2D eigenvalue weighted by atomic mass is 32.1. The zero-order valence-electron chi connectivity index (χ0n) is 11.3. The van der Waals surface area contributed by atoms with Gasteiger partial charge in [-0.15, -0.1) is 5.10 Å². The van der Waals surface area contributed by atoms with Gasteiger partial charge in [-0.1, -0.05) is 29.8 Å². The summed E-state index contributed by atoms with van der Waals surface area (Å²) in [6, 6.07) is 8.93. The van der Waals surface area contributed by atoms with Crippen molar-refractivity contribution in [3.05, 3.63) is 41.7 Å². The number of aryl methyl sites for hydroxylation is 1. The quantitative estimate of drug-likeness (QED) is 0.843. The van der Waals surface area contributed by atoms with Crippen LogP contribution in [0.3, 0.4) is 0 Å². The highest BCUT2D eigenvalue weighted by molar-refractivity contribution is 7.80. The standard InChI is InChI=1S/C14H17N5S/c1-10-2-4-11(5-3-10)8-19-9-15-13(18-19)17-14(20)16-12-6-7-12/h2-5,9,12H,6-8H2,1H3,(H2,16,17,18,20). The summed E-state index contributed by atoms with van der Waals surface area (Å²) in [7, 11) is 0. The summed E-state index contributed by atoms with van der Waals surface area (Å²) >= 11 is 5.19. The molecule has 6 heteroatoms. The Morgan fingerprint density at radius 2 is 2.10 bits per heavy atom. The van der Waals surface area contributed by atoms with Crippen LogP contribution in [-0.4, -0.2) is 25.9 Å². The highest BCUT2D eigenvalue weighted by Crippen LogP contribution is 2.18. The molecule has 0 amide bonds. The van der Waals surface area contributed by atoms with Gasteiger partial charge in [0.05, 0.1) is 6.54 Å². The van der Waals surface area contributed by atoms with E-state index in [0.717, 1.165) is 0 Å². The van der Waals surface area contributed by atoms with E-state index in [9.17, 15) is 0 Å². The lowest BCUT2D eigenvalue weighted by Crippen LogP contribution is -2.30. The van der Waals surface area contributed by atoms with Crippen molar-refractivity contribution in [2.45, 2.75) is 32.4 Å². The van der Waals surface area contributed by atoms with Crippen LogP contribution in [0.5, 0.6) is 0 Å². The number of thiocarbonyl (C=S) groups is 1. The summed E-state index contributed by atoms with van der Waals surface area (Å²) in [5.41, 5.74) is 2.46. The molecule has 2 N–H and O–H groups in total. The van der Waals surface area contributed by atoms with E-state index in [1.54, 1.807) is 11.0 Å². The van der Waals surface area contributed by atoms with Gasteiger partial charge < -0.3 is 5.32 Å². The molecule has 104 valence electrons. The third kappa shape index (κ3) is 3.54. The van der Waals surface area contributed by atoms with Crippen LogP contribution in [-0.2, 0) is 6.54 Å². The maximum atomic E-state index is 5.19. The van der Waals surface area contributed by atoms with Gasteiger partial charge in [0.1, 0.15) is 6.33 Å². The van der Waals surface area contributed by atoms with Crippen molar-refractivity contribution in [3.63, 3.8) is 0 Å². The van der Waals surface area contributed by atoms with E-state index in [4.69, 9.17) is 12.2 Å². The SMILES string of the molecule is Cc1ccc(Cn2cnc(NC(=S)NC3CC3)n2)cc1. The van der Waals surface area contributed by atoms with Gasteiger partial charge in [0.25, 0.3) is 0 Å². The number of anilines is 1. The average molecular weight is 287 g/mol. The lowest BCUT2D eigenvalue weighted by molar-refractivity contribution is 0.687. The third-order valence-corrected chi connectivity index (χ3v) is 3.36. The fourth-order valence-electron chi connectivity index (χ4n) is 1.86. The zero-order chi connectivity index (χ0) is 13.9. The monoisotopic (exact) mass is 287 g/mol. The Balaban J connectivity index is 1.58. The number of hydrogen-bond acceptors (Lipinski definition) is 3. The molecule has 0 unspecified atom stereocenters. The Bertz CT molecular complexity index is 600. The fourth-order valence-corrected chi connectivity index (χ4v) is 2.12. The second-order valence-corrected chi connectivity index (χ2v) is 5.53. The molecule has 1 saturated carbocycles. The van der Waals surface area contributed by atoms with Crippen LogP contribution in [0.1, 0.15) is 24.0 Å². The summed E-state index contributed by atoms with van der Waals surface area (Å²) in [6.45, 7) is 2.78. The Kier molecular flexibility index (Phi) is 3.64. The number of nitrogens with zero attached hydrogens (tertiary/aromatic N) is 3. The van der Waals surface area contributed by atoms with Gasteiger partial charge in [-0.05, 0) is 37.5 Å². The van der Waals surface area contributed by atoms with Crippen LogP contribution in [0.15, 0.2) is 30.6 Å². The summed E-state index contributed by atoms with van der Waals surface area (Å²) < 4.78 is 1.80. The van der Waals surface area contributed by atoms with Crippen molar-refractivity contribution < 1.29 is 0 Å². The molecule has 2 aromatic rings. The van der Waals surface area contributed by atoms with Crippen LogP contribution in [0, 0.1) is 6.92 Å². The van der Waals surface area contributed by atoms with Gasteiger partial charge in [-0.25, -0.2) is 9.67 Å². The first-order valence-electron chi connectivity index (χ1n) is 6.71. The summed E-state index contributed by atoms with van der Waals surface area (Å²) in [6.07, 6.45) is 4.09. The van der Waals surface area contributed by atoms with Crippen LogP contribution in [0.4, 0.5) is 5.95 Å². The topological polar surface area (TPSA) is 54.8 Å². The minimum Gasteiger partial charge on any atom is -0.360 e. The molecular formula is C14H17N5S. The van der Waals surface area contributed by atoms with Crippen molar-refractivity contribution in [2.75, 3.05) is 5.32 Å². The van der Waals surface area contributed by atoms with Gasteiger partial charge in [0.15, 0.2) is 5.11 Å². The first-order valence-corrected chi connectivity index (χ1v) is 7.12. The minimum atomic E-state index is 0.532. The molecule has 0 atom stereocenters. The normalized spacial score (nSPS) is 14.1. The minimum absolute atomic E-state index is 0.532. The smallest absolute Gasteiger partial charge is 0.248 e. The van der Waals surface area contributed by atoms with E-state index in [-0.39, 0.29) is 0 Å². The largest absolute Gasteiger partial charge is 0.360 e. The lowest BCUT2D eigenvalue weighted by Gasteiger charge is -2.05. The molecule has 20 heavy (non-hydrogen) atoms. The molecule has 0 radical (unpaired) electrons. The molecule has 0 saturated heterocycles. The number of aromatic nitrogens is 3. The molecule has 0 spiro atoms. The van der Waals surface area contributed by atoms with E-state index in [0.29, 0.717) is 23.6 Å². The van der Waals surface area contributed by atoms with Crippen LogP contribution in [0.25, 0.3) is 0 Å². The number of nitrogens with one attached hydrogen (secondary N) is 2. The lowest BCUT2D eigenvalue weighted by atomic mass is 10.1.